The van der Waals surface area contributed by atoms with Gasteiger partial charge >= 0.3 is 6.01 Å². The Labute approximate surface area is 185 Å². The van der Waals surface area contributed by atoms with Crippen molar-refractivity contribution in [2.75, 3.05) is 23.8 Å². The third-order valence-electron chi connectivity index (χ3n) is 6.88. The van der Waals surface area contributed by atoms with Crippen molar-refractivity contribution in [3.63, 3.8) is 0 Å². The standard InChI is InChI=1S/C23H24FN7O/c1-11-27-8-15(9-28-11)32-23-29-20-7-16-17(4-13(24)5-19(16)26-2)21(20)22(30-23)31-10-12-3-14(31)6-18(12)25/h4-5,8-9,12,14,18,26H,3,6-7,10,25H2,1-2H3/t12-,14-,18-/m1/s1. The van der Waals surface area contributed by atoms with Crippen LogP contribution in [-0.2, 0) is 6.42 Å². The molecule has 2 aromatic heterocycles. The van der Waals surface area contributed by atoms with Gasteiger partial charge < -0.3 is 20.7 Å². The fourth-order valence-electron chi connectivity index (χ4n) is 5.36. The van der Waals surface area contributed by atoms with Gasteiger partial charge in [-0.3, -0.25) is 0 Å². The molecule has 2 aliphatic carbocycles. The second-order valence-corrected chi connectivity index (χ2v) is 8.83. The van der Waals surface area contributed by atoms with Crippen molar-refractivity contribution < 1.29 is 9.13 Å². The van der Waals surface area contributed by atoms with Gasteiger partial charge in [0.1, 0.15) is 17.5 Å². The van der Waals surface area contributed by atoms with Crippen LogP contribution in [-0.4, -0.2) is 45.6 Å². The van der Waals surface area contributed by atoms with Crippen molar-refractivity contribution in [3.8, 4) is 22.9 Å². The van der Waals surface area contributed by atoms with Crippen molar-refractivity contribution in [2.24, 2.45) is 11.7 Å². The van der Waals surface area contributed by atoms with E-state index in [2.05, 4.69) is 20.2 Å². The molecular formula is C23H24FN7O. The molecule has 0 amide bonds. The van der Waals surface area contributed by atoms with E-state index in [1.807, 2.05) is 6.92 Å². The largest absolute Gasteiger partial charge is 0.421 e. The number of aromatic nitrogens is 4. The van der Waals surface area contributed by atoms with Gasteiger partial charge in [-0.15, -0.1) is 0 Å². The molecule has 2 fully saturated rings. The summed E-state index contributed by atoms with van der Waals surface area (Å²) in [5, 5.41) is 3.12. The van der Waals surface area contributed by atoms with Gasteiger partial charge in [-0.05, 0) is 48.9 Å². The normalized spacial score (nSPS) is 22.8. The van der Waals surface area contributed by atoms with E-state index >= 15 is 0 Å². The smallest absolute Gasteiger partial charge is 0.324 e. The van der Waals surface area contributed by atoms with Crippen LogP contribution in [0.15, 0.2) is 24.5 Å². The Morgan fingerprint density at radius 2 is 2.00 bits per heavy atom. The predicted molar refractivity (Wildman–Crippen MR) is 118 cm³/mol. The summed E-state index contributed by atoms with van der Waals surface area (Å²) < 4.78 is 20.4. The number of piperidine rings is 1. The Morgan fingerprint density at radius 3 is 2.69 bits per heavy atom. The number of aryl methyl sites for hydroxylation is 1. The Kier molecular flexibility index (Phi) is 4.29. The topological polar surface area (TPSA) is 102 Å². The minimum Gasteiger partial charge on any atom is -0.421 e. The number of nitrogens with zero attached hydrogens (tertiary/aromatic N) is 5. The second kappa shape index (κ2) is 7.09. The molecule has 0 spiro atoms. The number of fused-ring (bicyclic) bond motifs is 5. The summed E-state index contributed by atoms with van der Waals surface area (Å²) in [5.41, 5.74) is 10.7. The van der Waals surface area contributed by atoms with Crippen LogP contribution < -0.4 is 20.7 Å². The molecule has 8 nitrogen and oxygen atoms in total. The highest BCUT2D eigenvalue weighted by Crippen LogP contribution is 2.48. The van der Waals surface area contributed by atoms with Crippen LogP contribution in [0.5, 0.6) is 11.8 Å². The third-order valence-corrected chi connectivity index (χ3v) is 6.88. The van der Waals surface area contributed by atoms with Gasteiger partial charge in [0.15, 0.2) is 5.75 Å². The second-order valence-electron chi connectivity index (χ2n) is 8.83. The van der Waals surface area contributed by atoms with E-state index < -0.39 is 0 Å². The molecule has 9 heteroatoms. The van der Waals surface area contributed by atoms with Crippen LogP contribution in [0.1, 0.15) is 29.9 Å². The molecule has 0 unspecified atom stereocenters. The molecule has 32 heavy (non-hydrogen) atoms. The third kappa shape index (κ3) is 2.99. The summed E-state index contributed by atoms with van der Waals surface area (Å²) in [6.45, 7) is 2.66. The number of anilines is 2. The molecule has 3 atom stereocenters. The van der Waals surface area contributed by atoms with Crippen molar-refractivity contribution in [3.05, 3.63) is 47.4 Å². The maximum atomic E-state index is 14.5. The first-order chi connectivity index (χ1) is 15.5. The average molecular weight is 433 g/mol. The maximum Gasteiger partial charge on any atom is 0.324 e. The lowest BCUT2D eigenvalue weighted by molar-refractivity contribution is 0.432. The molecule has 1 saturated heterocycles. The van der Waals surface area contributed by atoms with Crippen molar-refractivity contribution in [1.29, 1.82) is 0 Å². The monoisotopic (exact) mass is 433 g/mol. The minimum absolute atomic E-state index is 0.229. The zero-order valence-electron chi connectivity index (χ0n) is 18.0. The van der Waals surface area contributed by atoms with E-state index in [1.54, 1.807) is 25.5 Å². The number of ether oxygens (including phenoxy) is 1. The molecule has 6 rings (SSSR count). The predicted octanol–water partition coefficient (Wildman–Crippen LogP) is 3.05. The molecule has 3 heterocycles. The van der Waals surface area contributed by atoms with E-state index in [-0.39, 0.29) is 17.9 Å². The number of benzene rings is 1. The summed E-state index contributed by atoms with van der Waals surface area (Å²) >= 11 is 0. The fraction of sp³-hybridized carbons (Fsp3) is 0.391. The molecular weight excluding hydrogens is 409 g/mol. The molecule has 3 N–H and O–H groups in total. The number of hydrogen-bond donors (Lipinski definition) is 2. The first-order valence-electron chi connectivity index (χ1n) is 10.9. The number of nitrogens with two attached hydrogens (primary N) is 1. The Balaban J connectivity index is 1.48. The number of halogens is 1. The number of rotatable bonds is 4. The highest BCUT2D eigenvalue weighted by Gasteiger charge is 2.45. The molecule has 0 radical (unpaired) electrons. The van der Waals surface area contributed by atoms with Crippen LogP contribution in [0.25, 0.3) is 11.1 Å². The first-order valence-corrected chi connectivity index (χ1v) is 10.9. The molecule has 3 aliphatic rings. The quantitative estimate of drug-likeness (QED) is 0.506. The van der Waals surface area contributed by atoms with Crippen molar-refractivity contribution in [2.45, 2.75) is 38.3 Å². The van der Waals surface area contributed by atoms with Crippen LogP contribution in [0.3, 0.4) is 0 Å². The van der Waals surface area contributed by atoms with Crippen LogP contribution in [0, 0.1) is 18.7 Å². The lowest BCUT2D eigenvalue weighted by Gasteiger charge is -2.32. The first kappa shape index (κ1) is 19.4. The molecule has 164 valence electrons. The summed E-state index contributed by atoms with van der Waals surface area (Å²) in [5.74, 6) is 2.10. The zero-order valence-corrected chi connectivity index (χ0v) is 18.0. The number of nitrogens with one attached hydrogen (secondary N) is 1. The van der Waals surface area contributed by atoms with E-state index in [0.717, 1.165) is 53.3 Å². The van der Waals surface area contributed by atoms with Gasteiger partial charge in [0.2, 0.25) is 0 Å². The molecule has 2 bridgehead atoms. The van der Waals surface area contributed by atoms with Gasteiger partial charge in [-0.2, -0.15) is 9.97 Å². The maximum absolute atomic E-state index is 14.5. The fourth-order valence-corrected chi connectivity index (χ4v) is 5.36. The molecule has 1 aliphatic heterocycles. The SMILES string of the molecule is CNc1cc(F)cc2c1Cc1nc(Oc3cnc(C)nc3)nc(N3C[C@H]4C[C@@H]3C[C@H]4N)c1-2. The van der Waals surface area contributed by atoms with Gasteiger partial charge in [-0.25, -0.2) is 14.4 Å². The van der Waals surface area contributed by atoms with Gasteiger partial charge in [-0.1, -0.05) is 0 Å². The average Bonchev–Trinajstić information content (AvgIpc) is 3.46. The van der Waals surface area contributed by atoms with Crippen LogP contribution in [0.2, 0.25) is 0 Å². The van der Waals surface area contributed by atoms with Gasteiger partial charge in [0, 0.05) is 43.3 Å². The zero-order chi connectivity index (χ0) is 22.0. The van der Waals surface area contributed by atoms with Crippen LogP contribution in [0.4, 0.5) is 15.9 Å². The Morgan fingerprint density at radius 1 is 1.19 bits per heavy atom. The van der Waals surface area contributed by atoms with E-state index in [4.69, 9.17) is 20.4 Å². The molecule has 1 saturated carbocycles. The lowest BCUT2D eigenvalue weighted by Crippen LogP contribution is -2.41. The summed E-state index contributed by atoms with van der Waals surface area (Å²) in [4.78, 5) is 20.2. The summed E-state index contributed by atoms with van der Waals surface area (Å²) in [6.07, 6.45) is 5.79. The van der Waals surface area contributed by atoms with Gasteiger partial charge in [0.25, 0.3) is 0 Å². The minimum atomic E-state index is -0.283. The Bertz CT molecular complexity index is 1210. The number of hydrogen-bond acceptors (Lipinski definition) is 8. The van der Waals surface area contributed by atoms with Crippen molar-refractivity contribution >= 4 is 11.5 Å². The molecule has 3 aromatic rings. The van der Waals surface area contributed by atoms with Gasteiger partial charge in [0.05, 0.1) is 18.1 Å². The molecule has 1 aromatic carbocycles. The van der Waals surface area contributed by atoms with Crippen molar-refractivity contribution in [1.82, 2.24) is 19.9 Å². The summed E-state index contributed by atoms with van der Waals surface area (Å²) in [6, 6.07) is 3.91. The van der Waals surface area contributed by atoms with Crippen LogP contribution >= 0.6 is 0 Å². The van der Waals surface area contributed by atoms with E-state index in [1.165, 1.54) is 6.07 Å². The van der Waals surface area contributed by atoms with E-state index in [0.29, 0.717) is 30.0 Å². The van der Waals surface area contributed by atoms with E-state index in [9.17, 15) is 4.39 Å². The highest BCUT2D eigenvalue weighted by molar-refractivity contribution is 5.88. The Hall–Kier alpha value is -3.33. The summed E-state index contributed by atoms with van der Waals surface area (Å²) in [7, 11) is 1.80. The lowest BCUT2D eigenvalue weighted by atomic mass is 10.0. The highest BCUT2D eigenvalue weighted by atomic mass is 19.1.